The molecule has 4 N–H and O–H groups in total. The molecule has 0 radical (unpaired) electrons. The third-order valence-electron chi connectivity index (χ3n) is 6.46. The molecule has 0 spiro atoms. The van der Waals surface area contributed by atoms with Crippen molar-refractivity contribution in [1.82, 2.24) is 14.6 Å². The molecular weight excluding hydrogens is 620 g/mol. The molecule has 6 unspecified atom stereocenters. The Morgan fingerprint density at radius 3 is 2.58 bits per heavy atom. The van der Waals surface area contributed by atoms with Gasteiger partial charge in [0.2, 0.25) is 0 Å². The summed E-state index contributed by atoms with van der Waals surface area (Å²) >= 11 is 5.86. The minimum Gasteiger partial charge on any atom is -0.462 e. The van der Waals surface area contributed by atoms with Crippen molar-refractivity contribution in [2.45, 2.75) is 63.4 Å². The number of carbonyl (C=O) groups excluding carboxylic acids is 1. The van der Waals surface area contributed by atoms with Crippen molar-refractivity contribution in [3.05, 3.63) is 64.2 Å². The molecular formula is C26H29ClF3N4O8P. The normalized spacial score (nSPS) is 24.3. The maximum atomic E-state index is 15.3. The lowest BCUT2D eigenvalue weighted by Gasteiger charge is -2.32. The third kappa shape index (κ3) is 6.97. The molecule has 234 valence electrons. The van der Waals surface area contributed by atoms with E-state index in [0.717, 1.165) is 11.6 Å². The molecule has 1 saturated heterocycles. The Balaban J connectivity index is 1.66. The van der Waals surface area contributed by atoms with Crippen LogP contribution in [0.5, 0.6) is 5.75 Å². The highest BCUT2D eigenvalue weighted by Crippen LogP contribution is 2.50. The molecule has 1 aliphatic heterocycles. The van der Waals surface area contributed by atoms with E-state index in [1.807, 2.05) is 6.07 Å². The second-order valence-corrected chi connectivity index (χ2v) is 12.1. The first kappa shape index (κ1) is 32.7. The number of benzene rings is 2. The zero-order valence-electron chi connectivity index (χ0n) is 23.0. The number of halogens is 4. The Morgan fingerprint density at radius 2 is 1.93 bits per heavy atom. The maximum Gasteiger partial charge on any atom is 0.459 e. The number of aromatic nitrogens is 2. The first-order chi connectivity index (χ1) is 20.2. The summed E-state index contributed by atoms with van der Waals surface area (Å²) in [4.78, 5) is 28.2. The van der Waals surface area contributed by atoms with Gasteiger partial charge >= 0.3 is 19.4 Å². The molecule has 6 atom stereocenters. The summed E-state index contributed by atoms with van der Waals surface area (Å²) in [5, 5.41) is 14.1. The van der Waals surface area contributed by atoms with Gasteiger partial charge in [-0.2, -0.15) is 10.1 Å². The van der Waals surface area contributed by atoms with Crippen LogP contribution in [0.1, 0.15) is 27.0 Å². The minimum atomic E-state index is -4.79. The highest BCUT2D eigenvalue weighted by Gasteiger charge is 2.62. The van der Waals surface area contributed by atoms with Crippen molar-refractivity contribution in [3.8, 4) is 5.75 Å². The van der Waals surface area contributed by atoms with E-state index in [2.05, 4.69) is 10.1 Å². The van der Waals surface area contributed by atoms with Gasteiger partial charge in [-0.25, -0.2) is 22.5 Å². The third-order valence-corrected chi connectivity index (χ3v) is 8.37. The summed E-state index contributed by atoms with van der Waals surface area (Å²) in [5.74, 6) is -1.30. The fourth-order valence-electron chi connectivity index (χ4n) is 4.26. The number of carbonyl (C=O) groups is 1. The summed E-state index contributed by atoms with van der Waals surface area (Å²) in [6, 6.07) is 10.3. The smallest absolute Gasteiger partial charge is 0.459 e. The summed E-state index contributed by atoms with van der Waals surface area (Å²) in [7, 11) is -4.79. The van der Waals surface area contributed by atoms with Crippen molar-refractivity contribution in [1.29, 1.82) is 0 Å². The second-order valence-electron chi connectivity index (χ2n) is 10.0. The quantitative estimate of drug-likeness (QED) is 0.203. The molecule has 43 heavy (non-hydrogen) atoms. The van der Waals surface area contributed by atoms with E-state index in [-0.39, 0.29) is 10.8 Å². The SMILES string of the molecule is CC(C)OC(=O)C(C)NP(=O)(OCC1(C(F)F)OC(n2cc(Cl)c(N)nc2=O)C(F)C1O)Oc1ccc2ccccc2c1. The number of hydrogen-bond acceptors (Lipinski definition) is 10. The molecule has 0 aliphatic carbocycles. The number of nitrogens with one attached hydrogen (secondary N) is 1. The molecule has 1 fully saturated rings. The van der Waals surface area contributed by atoms with E-state index in [0.29, 0.717) is 9.95 Å². The lowest BCUT2D eigenvalue weighted by Crippen LogP contribution is -2.52. The Labute approximate surface area is 248 Å². The van der Waals surface area contributed by atoms with Crippen LogP contribution in [0.3, 0.4) is 0 Å². The number of fused-ring (bicyclic) bond motifs is 1. The van der Waals surface area contributed by atoms with Gasteiger partial charge in [0.05, 0.1) is 17.7 Å². The van der Waals surface area contributed by atoms with Crippen molar-refractivity contribution in [2.24, 2.45) is 0 Å². The van der Waals surface area contributed by atoms with E-state index in [1.54, 1.807) is 38.1 Å². The zero-order chi connectivity index (χ0) is 31.7. The van der Waals surface area contributed by atoms with E-state index in [4.69, 9.17) is 35.9 Å². The Kier molecular flexibility index (Phi) is 9.74. The highest BCUT2D eigenvalue weighted by atomic mass is 35.5. The average Bonchev–Trinajstić information content (AvgIpc) is 3.19. The lowest BCUT2D eigenvalue weighted by atomic mass is 9.97. The number of ether oxygens (including phenoxy) is 2. The van der Waals surface area contributed by atoms with Gasteiger partial charge in [0.15, 0.2) is 18.0 Å². The summed E-state index contributed by atoms with van der Waals surface area (Å²) in [5.41, 5.74) is 1.10. The van der Waals surface area contributed by atoms with E-state index >= 15 is 4.39 Å². The summed E-state index contributed by atoms with van der Waals surface area (Å²) in [6.07, 6.45) is -10.7. The topological polar surface area (TPSA) is 164 Å². The number of anilines is 1. The van der Waals surface area contributed by atoms with E-state index in [9.17, 15) is 28.0 Å². The number of esters is 1. The molecule has 1 aliphatic rings. The average molecular weight is 649 g/mol. The highest BCUT2D eigenvalue weighted by molar-refractivity contribution is 7.52. The van der Waals surface area contributed by atoms with Crippen LogP contribution in [0.25, 0.3) is 10.8 Å². The molecule has 0 bridgehead atoms. The zero-order valence-corrected chi connectivity index (χ0v) is 24.7. The molecule has 0 saturated carbocycles. The van der Waals surface area contributed by atoms with Crippen LogP contribution in [0.2, 0.25) is 5.02 Å². The van der Waals surface area contributed by atoms with Gasteiger partial charge in [0.1, 0.15) is 23.7 Å². The van der Waals surface area contributed by atoms with Gasteiger partial charge in [0.25, 0.3) is 6.43 Å². The van der Waals surface area contributed by atoms with Gasteiger partial charge in [-0.15, -0.1) is 0 Å². The molecule has 4 rings (SSSR count). The van der Waals surface area contributed by atoms with Crippen LogP contribution in [-0.4, -0.2) is 63.7 Å². The standard InChI is InChI=1S/C26H29ClF3N4O8P/c1-13(2)40-23(36)14(3)33-43(38,42-17-9-8-15-6-4-5-7-16(15)10-17)39-12-26(24(29)30)20(35)19(28)22(41-26)34-11-18(27)21(31)32-25(34)37/h4-11,13-14,19-20,22,24,35H,12H2,1-3H3,(H,33,38)(H2,31,32,37). The van der Waals surface area contributed by atoms with Crippen LogP contribution >= 0.6 is 19.3 Å². The number of nitrogens with zero attached hydrogens (tertiary/aromatic N) is 2. The van der Waals surface area contributed by atoms with E-state index < -0.39 is 74.5 Å². The predicted molar refractivity (Wildman–Crippen MR) is 150 cm³/mol. The van der Waals surface area contributed by atoms with Gasteiger partial charge in [-0.05, 0) is 43.7 Å². The van der Waals surface area contributed by atoms with Crippen LogP contribution in [0.4, 0.5) is 19.0 Å². The summed E-state index contributed by atoms with van der Waals surface area (Å²) in [6.45, 7) is 3.01. The van der Waals surface area contributed by atoms with Crippen molar-refractivity contribution < 1.29 is 46.2 Å². The number of alkyl halides is 3. The number of nitrogen functional groups attached to an aromatic ring is 1. The van der Waals surface area contributed by atoms with Gasteiger partial charge in [-0.1, -0.05) is 41.9 Å². The fraction of sp³-hybridized carbons (Fsp3) is 0.423. The van der Waals surface area contributed by atoms with Gasteiger partial charge in [-0.3, -0.25) is 13.9 Å². The fourth-order valence-corrected chi connectivity index (χ4v) is 5.93. The number of rotatable bonds is 11. The Morgan fingerprint density at radius 1 is 1.26 bits per heavy atom. The molecule has 17 heteroatoms. The first-order valence-electron chi connectivity index (χ1n) is 12.9. The number of nitrogens with two attached hydrogens (primary N) is 1. The summed E-state index contributed by atoms with van der Waals surface area (Å²) < 4.78 is 80.1. The lowest BCUT2D eigenvalue weighted by molar-refractivity contribution is -0.192. The number of hydrogen-bond donors (Lipinski definition) is 3. The molecule has 2 aromatic carbocycles. The second kappa shape index (κ2) is 12.8. The van der Waals surface area contributed by atoms with Crippen LogP contribution < -0.4 is 21.0 Å². The predicted octanol–water partition coefficient (Wildman–Crippen LogP) is 4.00. The van der Waals surface area contributed by atoms with Crippen molar-refractivity contribution in [3.63, 3.8) is 0 Å². The first-order valence-corrected chi connectivity index (χ1v) is 14.8. The number of aliphatic hydroxyl groups excluding tert-OH is 1. The Bertz CT molecular complexity index is 1600. The maximum absolute atomic E-state index is 15.3. The van der Waals surface area contributed by atoms with E-state index in [1.165, 1.54) is 19.1 Å². The molecule has 12 nitrogen and oxygen atoms in total. The monoisotopic (exact) mass is 648 g/mol. The molecule has 3 aromatic rings. The number of aliphatic hydroxyl groups is 1. The molecule has 2 heterocycles. The minimum absolute atomic E-state index is 0.0340. The Hall–Kier alpha value is -3.20. The largest absolute Gasteiger partial charge is 0.462 e. The van der Waals surface area contributed by atoms with Crippen LogP contribution in [0, 0.1) is 0 Å². The van der Waals surface area contributed by atoms with Crippen LogP contribution in [0.15, 0.2) is 53.5 Å². The van der Waals surface area contributed by atoms with Crippen molar-refractivity contribution >= 4 is 41.9 Å². The molecule has 1 aromatic heterocycles. The van der Waals surface area contributed by atoms with Gasteiger partial charge < -0.3 is 24.8 Å². The molecule has 0 amide bonds. The van der Waals surface area contributed by atoms with Crippen molar-refractivity contribution in [2.75, 3.05) is 12.3 Å². The van der Waals surface area contributed by atoms with Gasteiger partial charge in [0, 0.05) is 6.20 Å². The van der Waals surface area contributed by atoms with Crippen LogP contribution in [-0.2, 0) is 23.4 Å².